The Bertz CT molecular complexity index is 670. The van der Waals surface area contributed by atoms with Gasteiger partial charge in [-0.05, 0) is 29.8 Å². The number of rotatable bonds is 6. The van der Waals surface area contributed by atoms with Gasteiger partial charge in [0.05, 0.1) is 0 Å². The van der Waals surface area contributed by atoms with E-state index >= 15 is 0 Å². The summed E-state index contributed by atoms with van der Waals surface area (Å²) < 4.78 is 18.7. The molecule has 2 N–H and O–H groups in total. The van der Waals surface area contributed by atoms with Gasteiger partial charge in [0.15, 0.2) is 5.78 Å². The van der Waals surface area contributed by atoms with Crippen molar-refractivity contribution < 1.29 is 18.7 Å². The van der Waals surface area contributed by atoms with Gasteiger partial charge in [-0.2, -0.15) is 0 Å². The van der Waals surface area contributed by atoms with E-state index in [9.17, 15) is 14.0 Å². The van der Waals surface area contributed by atoms with E-state index in [0.717, 1.165) is 0 Å². The number of Topliss-reactive ketones (excluding diaryl/α,β-unsaturated/α-hetero) is 1. The first-order valence-corrected chi connectivity index (χ1v) is 6.34. The first kappa shape index (κ1) is 14.7. The third-order valence-electron chi connectivity index (χ3n) is 2.86. The van der Waals surface area contributed by atoms with Crippen LogP contribution in [0.1, 0.15) is 15.9 Å². The molecule has 1 amide bonds. The number of carbonyl (C=O) groups excluding carboxylic acids is 2. The molecule has 0 aliphatic rings. The summed E-state index contributed by atoms with van der Waals surface area (Å²) in [6, 6.07) is 12.3. The fourth-order valence-electron chi connectivity index (χ4n) is 1.81. The van der Waals surface area contributed by atoms with Gasteiger partial charge in [0, 0.05) is 12.0 Å². The van der Waals surface area contributed by atoms with Crippen molar-refractivity contribution >= 4 is 11.7 Å². The summed E-state index contributed by atoms with van der Waals surface area (Å²) in [6.07, 6.45) is -0.0395. The van der Waals surface area contributed by atoms with E-state index in [1.165, 1.54) is 12.1 Å². The standard InChI is InChI=1S/C16H14FNO3/c17-15-7-2-1-4-11(15)8-13(19)10-21-14-6-3-5-12(9-14)16(18)20/h1-7,9H,8,10H2,(H2,18,20). The molecule has 5 heteroatoms. The van der Waals surface area contributed by atoms with Gasteiger partial charge in [0.2, 0.25) is 5.91 Å². The van der Waals surface area contributed by atoms with E-state index in [2.05, 4.69) is 0 Å². The van der Waals surface area contributed by atoms with Crippen molar-refractivity contribution in [2.24, 2.45) is 5.73 Å². The molecule has 0 saturated carbocycles. The van der Waals surface area contributed by atoms with E-state index < -0.39 is 11.7 Å². The molecule has 0 unspecified atom stereocenters. The minimum Gasteiger partial charge on any atom is -0.486 e. The number of carbonyl (C=O) groups is 2. The summed E-state index contributed by atoms with van der Waals surface area (Å²) in [5.74, 6) is -0.877. The SMILES string of the molecule is NC(=O)c1cccc(OCC(=O)Cc2ccccc2F)c1. The minimum atomic E-state index is -0.571. The fraction of sp³-hybridized carbons (Fsp3) is 0.125. The topological polar surface area (TPSA) is 69.4 Å². The highest BCUT2D eigenvalue weighted by Crippen LogP contribution is 2.13. The van der Waals surface area contributed by atoms with Gasteiger partial charge in [0.1, 0.15) is 18.2 Å². The van der Waals surface area contributed by atoms with E-state index in [1.807, 2.05) is 0 Å². The van der Waals surface area contributed by atoms with Crippen LogP contribution in [-0.4, -0.2) is 18.3 Å². The second-order valence-corrected chi connectivity index (χ2v) is 4.49. The Hall–Kier alpha value is -2.69. The van der Waals surface area contributed by atoms with Crippen LogP contribution in [-0.2, 0) is 11.2 Å². The smallest absolute Gasteiger partial charge is 0.248 e. The average molecular weight is 287 g/mol. The lowest BCUT2D eigenvalue weighted by atomic mass is 10.1. The van der Waals surface area contributed by atoms with Gasteiger partial charge in [-0.1, -0.05) is 24.3 Å². The second kappa shape index (κ2) is 6.65. The van der Waals surface area contributed by atoms with Crippen LogP contribution < -0.4 is 10.5 Å². The number of nitrogens with two attached hydrogens (primary N) is 1. The summed E-state index contributed by atoms with van der Waals surface area (Å²) in [5, 5.41) is 0. The van der Waals surface area contributed by atoms with Gasteiger partial charge in [-0.3, -0.25) is 9.59 Å². The highest BCUT2D eigenvalue weighted by atomic mass is 19.1. The normalized spacial score (nSPS) is 10.1. The predicted molar refractivity (Wildman–Crippen MR) is 75.6 cm³/mol. The monoisotopic (exact) mass is 287 g/mol. The van der Waals surface area contributed by atoms with Crippen LogP contribution in [0.25, 0.3) is 0 Å². The number of primary amides is 1. The number of ether oxygens (including phenoxy) is 1. The van der Waals surface area contributed by atoms with Gasteiger partial charge in [-0.25, -0.2) is 4.39 Å². The van der Waals surface area contributed by atoms with E-state index in [4.69, 9.17) is 10.5 Å². The zero-order chi connectivity index (χ0) is 15.2. The maximum Gasteiger partial charge on any atom is 0.248 e. The number of ketones is 1. The van der Waals surface area contributed by atoms with Gasteiger partial charge >= 0.3 is 0 Å². The number of amides is 1. The molecule has 0 fully saturated rings. The summed E-state index contributed by atoms with van der Waals surface area (Å²) in [4.78, 5) is 22.8. The molecule has 0 aliphatic carbocycles. The molecule has 2 rings (SSSR count). The number of hydrogen-bond donors (Lipinski definition) is 1. The summed E-state index contributed by atoms with van der Waals surface area (Å²) in [6.45, 7) is -0.198. The molecule has 0 aromatic heterocycles. The highest BCUT2D eigenvalue weighted by molar-refractivity contribution is 5.93. The predicted octanol–water partition coefficient (Wildman–Crippen LogP) is 2.12. The molecule has 21 heavy (non-hydrogen) atoms. The van der Waals surface area contributed by atoms with E-state index in [1.54, 1.807) is 36.4 Å². The van der Waals surface area contributed by atoms with Crippen molar-refractivity contribution in [1.29, 1.82) is 0 Å². The average Bonchev–Trinajstić information content (AvgIpc) is 2.48. The maximum atomic E-state index is 13.4. The third-order valence-corrected chi connectivity index (χ3v) is 2.86. The molecular formula is C16H14FNO3. The van der Waals surface area contributed by atoms with Crippen molar-refractivity contribution in [1.82, 2.24) is 0 Å². The van der Waals surface area contributed by atoms with Crippen LogP contribution in [0, 0.1) is 5.82 Å². The lowest BCUT2D eigenvalue weighted by molar-refractivity contribution is -0.120. The molecule has 0 spiro atoms. The van der Waals surface area contributed by atoms with Crippen LogP contribution in [0.4, 0.5) is 4.39 Å². The van der Waals surface area contributed by atoms with Crippen molar-refractivity contribution in [2.45, 2.75) is 6.42 Å². The highest BCUT2D eigenvalue weighted by Gasteiger charge is 2.09. The number of benzene rings is 2. The summed E-state index contributed by atoms with van der Waals surface area (Å²) in [7, 11) is 0. The Labute approximate surface area is 121 Å². The number of halogens is 1. The summed E-state index contributed by atoms with van der Waals surface area (Å²) in [5.41, 5.74) is 5.78. The molecule has 0 saturated heterocycles. The largest absolute Gasteiger partial charge is 0.486 e. The zero-order valence-electron chi connectivity index (χ0n) is 11.2. The van der Waals surface area contributed by atoms with Crippen molar-refractivity contribution in [3.05, 3.63) is 65.5 Å². The fourth-order valence-corrected chi connectivity index (χ4v) is 1.81. The first-order chi connectivity index (χ1) is 10.1. The van der Waals surface area contributed by atoms with E-state index in [0.29, 0.717) is 16.9 Å². The lowest BCUT2D eigenvalue weighted by Crippen LogP contribution is -2.15. The third kappa shape index (κ3) is 4.14. The zero-order valence-corrected chi connectivity index (χ0v) is 11.2. The Balaban J connectivity index is 1.94. The van der Waals surface area contributed by atoms with E-state index in [-0.39, 0.29) is 18.8 Å². The van der Waals surface area contributed by atoms with Crippen LogP contribution in [0.3, 0.4) is 0 Å². The summed E-state index contributed by atoms with van der Waals surface area (Å²) >= 11 is 0. The molecule has 0 aliphatic heterocycles. The Kier molecular flexibility index (Phi) is 4.66. The van der Waals surface area contributed by atoms with Crippen LogP contribution in [0.15, 0.2) is 48.5 Å². The first-order valence-electron chi connectivity index (χ1n) is 6.34. The van der Waals surface area contributed by atoms with Gasteiger partial charge < -0.3 is 10.5 Å². The van der Waals surface area contributed by atoms with Gasteiger partial charge in [-0.15, -0.1) is 0 Å². The molecule has 2 aromatic rings. The second-order valence-electron chi connectivity index (χ2n) is 4.49. The molecular weight excluding hydrogens is 273 g/mol. The lowest BCUT2D eigenvalue weighted by Gasteiger charge is -2.07. The van der Waals surface area contributed by atoms with Crippen LogP contribution in [0.5, 0.6) is 5.75 Å². The Morgan fingerprint density at radius 1 is 1.10 bits per heavy atom. The maximum absolute atomic E-state index is 13.4. The molecule has 0 atom stereocenters. The van der Waals surface area contributed by atoms with Crippen molar-refractivity contribution in [3.8, 4) is 5.75 Å². The number of hydrogen-bond acceptors (Lipinski definition) is 3. The molecule has 0 heterocycles. The molecule has 0 bridgehead atoms. The van der Waals surface area contributed by atoms with Crippen LogP contribution in [0.2, 0.25) is 0 Å². The Morgan fingerprint density at radius 2 is 1.86 bits per heavy atom. The van der Waals surface area contributed by atoms with Gasteiger partial charge in [0.25, 0.3) is 0 Å². The molecule has 4 nitrogen and oxygen atoms in total. The van der Waals surface area contributed by atoms with Crippen molar-refractivity contribution in [3.63, 3.8) is 0 Å². The molecule has 2 aromatic carbocycles. The van der Waals surface area contributed by atoms with Crippen molar-refractivity contribution in [2.75, 3.05) is 6.61 Å². The van der Waals surface area contributed by atoms with Crippen LogP contribution >= 0.6 is 0 Å². The minimum absolute atomic E-state index is 0.0395. The Morgan fingerprint density at radius 3 is 2.57 bits per heavy atom. The quantitative estimate of drug-likeness (QED) is 0.884. The molecule has 108 valence electrons. The molecule has 0 radical (unpaired) electrons.